The number of ether oxygens (including phenoxy) is 1. The van der Waals surface area contributed by atoms with Gasteiger partial charge in [0.25, 0.3) is 0 Å². The largest absolute Gasteiger partial charge is 0.448 e. The van der Waals surface area contributed by atoms with E-state index in [0.717, 1.165) is 0 Å². The second-order valence-electron chi connectivity index (χ2n) is 2.52. The van der Waals surface area contributed by atoms with Gasteiger partial charge in [-0.15, -0.1) is 0 Å². The molecule has 82 valence electrons. The number of hydrogen-bond donors (Lipinski definition) is 3. The molecule has 0 saturated heterocycles. The summed E-state index contributed by atoms with van der Waals surface area (Å²) in [6, 6.07) is 0. The monoisotopic (exact) mass is 231 g/mol. The zero-order valence-electron chi connectivity index (χ0n) is 7.74. The van der Waals surface area contributed by atoms with Crippen molar-refractivity contribution >= 4 is 29.2 Å². The van der Waals surface area contributed by atoms with Crippen molar-refractivity contribution in [1.82, 2.24) is 9.97 Å². The summed E-state index contributed by atoms with van der Waals surface area (Å²) in [5, 5.41) is 2.99. The SMILES string of the molecule is NC(=O)OCCNc1ncnc(Cl)c1N. The van der Waals surface area contributed by atoms with Gasteiger partial charge in [-0.05, 0) is 0 Å². The van der Waals surface area contributed by atoms with Gasteiger partial charge in [-0.1, -0.05) is 11.6 Å². The normalized spacial score (nSPS) is 9.67. The van der Waals surface area contributed by atoms with Gasteiger partial charge in [-0.3, -0.25) is 0 Å². The standard InChI is InChI=1S/C7H10ClN5O2/c8-5-4(9)6(13-3-12-5)11-1-2-15-7(10)14/h3H,1-2,9H2,(H2,10,14)(H,11,12,13). The van der Waals surface area contributed by atoms with Crippen LogP contribution in [0.5, 0.6) is 0 Å². The molecule has 7 nitrogen and oxygen atoms in total. The van der Waals surface area contributed by atoms with Crippen LogP contribution >= 0.6 is 11.6 Å². The summed E-state index contributed by atoms with van der Waals surface area (Å²) in [5.74, 6) is 0.392. The van der Waals surface area contributed by atoms with Crippen LogP contribution in [0.3, 0.4) is 0 Å². The Bertz CT molecular complexity index is 359. The van der Waals surface area contributed by atoms with E-state index in [1.807, 2.05) is 0 Å². The number of carbonyl (C=O) groups is 1. The molecule has 0 bridgehead atoms. The maximum Gasteiger partial charge on any atom is 0.404 e. The highest BCUT2D eigenvalue weighted by molar-refractivity contribution is 6.32. The van der Waals surface area contributed by atoms with Crippen LogP contribution in [0.1, 0.15) is 0 Å². The fraction of sp³-hybridized carbons (Fsp3) is 0.286. The first kappa shape index (κ1) is 11.3. The van der Waals surface area contributed by atoms with Crippen LogP contribution in [0.2, 0.25) is 5.15 Å². The smallest absolute Gasteiger partial charge is 0.404 e. The van der Waals surface area contributed by atoms with Crippen molar-refractivity contribution in [2.45, 2.75) is 0 Å². The predicted molar refractivity (Wildman–Crippen MR) is 55.5 cm³/mol. The van der Waals surface area contributed by atoms with Crippen molar-refractivity contribution in [3.8, 4) is 0 Å². The summed E-state index contributed by atoms with van der Waals surface area (Å²) in [5.41, 5.74) is 10.6. The Hall–Kier alpha value is -1.76. The van der Waals surface area contributed by atoms with Gasteiger partial charge >= 0.3 is 6.09 Å². The number of aromatic nitrogens is 2. The Kier molecular flexibility index (Phi) is 3.92. The molecule has 0 fully saturated rings. The van der Waals surface area contributed by atoms with E-state index in [4.69, 9.17) is 23.1 Å². The second kappa shape index (κ2) is 5.20. The predicted octanol–water partition coefficient (Wildman–Crippen LogP) is 0.219. The summed E-state index contributed by atoms with van der Waals surface area (Å²) in [6.45, 7) is 0.455. The number of anilines is 2. The number of halogens is 1. The third kappa shape index (κ3) is 3.47. The third-order valence-electron chi connectivity index (χ3n) is 1.47. The quantitative estimate of drug-likeness (QED) is 0.504. The number of rotatable bonds is 4. The average Bonchev–Trinajstić information content (AvgIpc) is 2.18. The van der Waals surface area contributed by atoms with Crippen LogP contribution < -0.4 is 16.8 Å². The zero-order valence-corrected chi connectivity index (χ0v) is 8.49. The van der Waals surface area contributed by atoms with Gasteiger partial charge in [0.15, 0.2) is 11.0 Å². The number of hydrogen-bond acceptors (Lipinski definition) is 6. The summed E-state index contributed by atoms with van der Waals surface area (Å²) in [7, 11) is 0. The van der Waals surface area contributed by atoms with Crippen LogP contribution in [0, 0.1) is 0 Å². The molecule has 0 radical (unpaired) electrons. The van der Waals surface area contributed by atoms with E-state index in [-0.39, 0.29) is 17.4 Å². The van der Waals surface area contributed by atoms with Crippen molar-refractivity contribution in [2.75, 3.05) is 24.2 Å². The maximum atomic E-state index is 10.2. The minimum Gasteiger partial charge on any atom is -0.448 e. The molecule has 5 N–H and O–H groups in total. The lowest BCUT2D eigenvalue weighted by atomic mass is 10.5. The van der Waals surface area contributed by atoms with Gasteiger partial charge in [0, 0.05) is 0 Å². The second-order valence-corrected chi connectivity index (χ2v) is 2.88. The highest BCUT2D eigenvalue weighted by Crippen LogP contribution is 2.21. The van der Waals surface area contributed by atoms with Crippen molar-refractivity contribution in [3.63, 3.8) is 0 Å². The first-order valence-electron chi connectivity index (χ1n) is 4.03. The molecule has 0 aliphatic heterocycles. The lowest BCUT2D eigenvalue weighted by molar-refractivity contribution is 0.161. The van der Waals surface area contributed by atoms with E-state index in [1.165, 1.54) is 6.33 Å². The topological polar surface area (TPSA) is 116 Å². The summed E-state index contributed by atoms with van der Waals surface area (Å²) < 4.78 is 4.49. The van der Waals surface area contributed by atoms with E-state index < -0.39 is 6.09 Å². The first-order valence-corrected chi connectivity index (χ1v) is 4.41. The van der Waals surface area contributed by atoms with E-state index in [0.29, 0.717) is 12.4 Å². The molecule has 1 aromatic heterocycles. The first-order chi connectivity index (χ1) is 7.11. The fourth-order valence-corrected chi connectivity index (χ4v) is 0.969. The van der Waals surface area contributed by atoms with Gasteiger partial charge in [-0.25, -0.2) is 14.8 Å². The molecule has 0 atom stereocenters. The van der Waals surface area contributed by atoms with E-state index >= 15 is 0 Å². The zero-order chi connectivity index (χ0) is 11.3. The Morgan fingerprint density at radius 3 is 3.00 bits per heavy atom. The Labute approximate surface area is 90.8 Å². The molecular weight excluding hydrogens is 222 g/mol. The van der Waals surface area contributed by atoms with Crippen LogP contribution in [-0.2, 0) is 4.74 Å². The molecular formula is C7H10ClN5O2. The number of nitrogens with zero attached hydrogens (tertiary/aromatic N) is 2. The number of primary amides is 1. The van der Waals surface area contributed by atoms with E-state index in [2.05, 4.69) is 20.0 Å². The molecule has 0 unspecified atom stereocenters. The lowest BCUT2D eigenvalue weighted by Crippen LogP contribution is -2.19. The Balaban J connectivity index is 2.44. The van der Waals surface area contributed by atoms with Gasteiger partial charge < -0.3 is 21.5 Å². The van der Waals surface area contributed by atoms with Gasteiger partial charge in [0.2, 0.25) is 0 Å². The minimum atomic E-state index is -0.828. The molecule has 0 saturated carbocycles. The van der Waals surface area contributed by atoms with E-state index in [9.17, 15) is 4.79 Å². The number of nitrogens with two attached hydrogens (primary N) is 2. The number of nitrogens with one attached hydrogen (secondary N) is 1. The number of carbonyl (C=O) groups excluding carboxylic acids is 1. The molecule has 0 aliphatic carbocycles. The third-order valence-corrected chi connectivity index (χ3v) is 1.78. The van der Waals surface area contributed by atoms with E-state index in [1.54, 1.807) is 0 Å². The molecule has 1 amide bonds. The molecule has 15 heavy (non-hydrogen) atoms. The molecule has 0 spiro atoms. The highest BCUT2D eigenvalue weighted by Gasteiger charge is 2.04. The van der Waals surface area contributed by atoms with Crippen LogP contribution in [0.15, 0.2) is 6.33 Å². The molecule has 1 heterocycles. The van der Waals surface area contributed by atoms with Crippen molar-refractivity contribution in [2.24, 2.45) is 5.73 Å². The molecule has 1 aromatic rings. The van der Waals surface area contributed by atoms with Crippen LogP contribution in [-0.4, -0.2) is 29.2 Å². The average molecular weight is 232 g/mol. The van der Waals surface area contributed by atoms with Crippen LogP contribution in [0.4, 0.5) is 16.3 Å². The summed E-state index contributed by atoms with van der Waals surface area (Å²) in [6.07, 6.45) is 0.446. The Morgan fingerprint density at radius 1 is 1.60 bits per heavy atom. The van der Waals surface area contributed by atoms with Gasteiger partial charge in [0.1, 0.15) is 18.6 Å². The summed E-state index contributed by atoms with van der Waals surface area (Å²) in [4.78, 5) is 17.8. The van der Waals surface area contributed by atoms with Crippen molar-refractivity contribution < 1.29 is 9.53 Å². The minimum absolute atomic E-state index is 0.121. The van der Waals surface area contributed by atoms with Crippen molar-refractivity contribution in [3.05, 3.63) is 11.5 Å². The number of amides is 1. The van der Waals surface area contributed by atoms with Crippen molar-refractivity contribution in [1.29, 1.82) is 0 Å². The van der Waals surface area contributed by atoms with Crippen LogP contribution in [0.25, 0.3) is 0 Å². The molecule has 0 aromatic carbocycles. The summed E-state index contributed by atoms with van der Waals surface area (Å²) >= 11 is 5.66. The molecule has 8 heteroatoms. The van der Waals surface area contributed by atoms with Gasteiger partial charge in [0.05, 0.1) is 6.54 Å². The van der Waals surface area contributed by atoms with Gasteiger partial charge in [-0.2, -0.15) is 0 Å². The lowest BCUT2D eigenvalue weighted by Gasteiger charge is -2.07. The maximum absolute atomic E-state index is 10.2. The fourth-order valence-electron chi connectivity index (χ4n) is 0.836. The molecule has 0 aliphatic rings. The molecule has 1 rings (SSSR count). The number of nitrogen functional groups attached to an aromatic ring is 1. The highest BCUT2D eigenvalue weighted by atomic mass is 35.5. The Morgan fingerprint density at radius 2 is 2.33 bits per heavy atom.